The van der Waals surface area contributed by atoms with Gasteiger partial charge in [0.05, 0.1) is 18.4 Å². The van der Waals surface area contributed by atoms with Gasteiger partial charge in [0.25, 0.3) is 0 Å². The van der Waals surface area contributed by atoms with E-state index in [-0.39, 0.29) is 0 Å². The molecular weight excluding hydrogens is 240 g/mol. The number of morpholine rings is 1. The quantitative estimate of drug-likeness (QED) is 0.834. The number of ether oxygens (including phenoxy) is 1. The maximum absolute atomic E-state index is 5.80. The third-order valence-electron chi connectivity index (χ3n) is 4.04. The Bertz CT molecular complexity index is 568. The van der Waals surface area contributed by atoms with Gasteiger partial charge in [-0.3, -0.25) is 4.90 Å². The van der Waals surface area contributed by atoms with Gasteiger partial charge in [-0.2, -0.15) is 0 Å². The number of pyridine rings is 1. The number of aromatic nitrogens is 2. The van der Waals surface area contributed by atoms with E-state index in [1.807, 2.05) is 12.3 Å². The molecule has 2 fully saturated rings. The molecule has 2 N–H and O–H groups in total. The molecule has 0 radical (unpaired) electrons. The fraction of sp³-hybridized carbons (Fsp3) is 0.500. The minimum absolute atomic E-state index is 0.350. The zero-order valence-corrected chi connectivity index (χ0v) is 10.8. The number of fused-ring (bicyclic) bond motifs is 2. The Hall–Kier alpha value is -1.43. The molecule has 2 aromatic rings. The first-order chi connectivity index (χ1) is 9.38. The van der Waals surface area contributed by atoms with Crippen LogP contribution in [0.4, 0.5) is 0 Å². The standard InChI is InChI=1S/C14H18N4O/c1-2-11(17-14-10(1)3-4-16-14)7-18-8-12-13(9-18)19-6-5-15-12/h1-4,12-13,15H,5-9H2,(H,16,17)/t12-,13-/m0/s1. The van der Waals surface area contributed by atoms with Crippen LogP contribution in [0.3, 0.4) is 0 Å². The Labute approximate surface area is 112 Å². The van der Waals surface area contributed by atoms with E-state index in [0.29, 0.717) is 12.1 Å². The summed E-state index contributed by atoms with van der Waals surface area (Å²) in [6.45, 7) is 4.76. The molecule has 0 aliphatic carbocycles. The van der Waals surface area contributed by atoms with E-state index in [0.717, 1.165) is 44.1 Å². The van der Waals surface area contributed by atoms with E-state index in [9.17, 15) is 0 Å². The SMILES string of the molecule is c1cc2ccc(CN3C[C@@H]4NCCO[C@H]4C3)nc2[nH]1. The molecule has 5 heteroatoms. The lowest BCUT2D eigenvalue weighted by Crippen LogP contribution is -2.47. The van der Waals surface area contributed by atoms with Crippen molar-refractivity contribution in [3.8, 4) is 0 Å². The lowest BCUT2D eigenvalue weighted by atomic mass is 10.2. The lowest BCUT2D eigenvalue weighted by Gasteiger charge is -2.25. The molecule has 0 saturated carbocycles. The highest BCUT2D eigenvalue weighted by Crippen LogP contribution is 2.19. The van der Waals surface area contributed by atoms with Crippen molar-refractivity contribution in [2.45, 2.75) is 18.7 Å². The summed E-state index contributed by atoms with van der Waals surface area (Å²) in [5, 5.41) is 4.70. The van der Waals surface area contributed by atoms with E-state index in [1.54, 1.807) is 0 Å². The fourth-order valence-electron chi connectivity index (χ4n) is 3.09. The molecule has 5 nitrogen and oxygen atoms in total. The first kappa shape index (κ1) is 11.4. The van der Waals surface area contributed by atoms with Crippen LogP contribution in [0.5, 0.6) is 0 Å². The Morgan fingerprint density at radius 2 is 2.32 bits per heavy atom. The van der Waals surface area contributed by atoms with Crippen molar-refractivity contribution in [1.82, 2.24) is 20.2 Å². The Morgan fingerprint density at radius 3 is 3.26 bits per heavy atom. The van der Waals surface area contributed by atoms with E-state index in [4.69, 9.17) is 4.74 Å². The Kier molecular flexibility index (Phi) is 2.76. The number of likely N-dealkylation sites (tertiary alicyclic amines) is 1. The maximum Gasteiger partial charge on any atom is 0.137 e. The zero-order valence-electron chi connectivity index (χ0n) is 10.8. The van der Waals surface area contributed by atoms with Gasteiger partial charge in [0.15, 0.2) is 0 Å². The molecule has 2 saturated heterocycles. The molecule has 19 heavy (non-hydrogen) atoms. The molecular formula is C14H18N4O. The molecule has 2 atom stereocenters. The molecule has 0 unspecified atom stereocenters. The van der Waals surface area contributed by atoms with Crippen molar-refractivity contribution in [1.29, 1.82) is 0 Å². The number of nitrogens with zero attached hydrogens (tertiary/aromatic N) is 2. The van der Waals surface area contributed by atoms with Crippen LogP contribution in [0.25, 0.3) is 11.0 Å². The number of hydrogen-bond acceptors (Lipinski definition) is 4. The summed E-state index contributed by atoms with van der Waals surface area (Å²) < 4.78 is 5.80. The molecule has 2 aromatic heterocycles. The van der Waals surface area contributed by atoms with Gasteiger partial charge in [-0.1, -0.05) is 0 Å². The van der Waals surface area contributed by atoms with Crippen LogP contribution < -0.4 is 5.32 Å². The highest BCUT2D eigenvalue weighted by Gasteiger charge is 2.35. The molecule has 0 aromatic carbocycles. The van der Waals surface area contributed by atoms with E-state index >= 15 is 0 Å². The summed E-state index contributed by atoms with van der Waals surface area (Å²) in [6, 6.07) is 6.79. The molecule has 2 aliphatic rings. The summed E-state index contributed by atoms with van der Waals surface area (Å²) in [4.78, 5) is 10.2. The van der Waals surface area contributed by atoms with Gasteiger partial charge in [-0.25, -0.2) is 4.98 Å². The average Bonchev–Trinajstić information content (AvgIpc) is 3.03. The van der Waals surface area contributed by atoms with E-state index < -0.39 is 0 Å². The predicted octanol–water partition coefficient (Wildman–Crippen LogP) is 0.735. The van der Waals surface area contributed by atoms with Crippen LogP contribution in [0.1, 0.15) is 5.69 Å². The predicted molar refractivity (Wildman–Crippen MR) is 72.9 cm³/mol. The second-order valence-electron chi connectivity index (χ2n) is 5.38. The minimum atomic E-state index is 0.350. The van der Waals surface area contributed by atoms with E-state index in [1.165, 1.54) is 5.39 Å². The highest BCUT2D eigenvalue weighted by atomic mass is 16.5. The largest absolute Gasteiger partial charge is 0.374 e. The molecule has 4 heterocycles. The molecule has 0 spiro atoms. The van der Waals surface area contributed by atoms with Crippen molar-refractivity contribution in [2.75, 3.05) is 26.2 Å². The number of nitrogens with one attached hydrogen (secondary N) is 2. The molecule has 100 valence electrons. The number of H-pyrrole nitrogens is 1. The Balaban J connectivity index is 1.49. The molecule has 0 bridgehead atoms. The molecule has 4 rings (SSSR count). The van der Waals surface area contributed by atoms with Crippen LogP contribution >= 0.6 is 0 Å². The average molecular weight is 258 g/mol. The first-order valence-corrected chi connectivity index (χ1v) is 6.89. The second kappa shape index (κ2) is 4.59. The van der Waals surface area contributed by atoms with Crippen LogP contribution in [0.2, 0.25) is 0 Å². The van der Waals surface area contributed by atoms with Crippen LogP contribution in [0.15, 0.2) is 24.4 Å². The number of aromatic amines is 1. The molecule has 2 aliphatic heterocycles. The van der Waals surface area contributed by atoms with Gasteiger partial charge in [-0.15, -0.1) is 0 Å². The van der Waals surface area contributed by atoms with Crippen molar-refractivity contribution >= 4 is 11.0 Å². The summed E-state index contributed by atoms with van der Waals surface area (Å²) in [7, 11) is 0. The Morgan fingerprint density at radius 1 is 1.32 bits per heavy atom. The van der Waals surface area contributed by atoms with Gasteiger partial charge < -0.3 is 15.0 Å². The van der Waals surface area contributed by atoms with E-state index in [2.05, 4.69) is 32.3 Å². The van der Waals surface area contributed by atoms with Gasteiger partial charge in [-0.05, 0) is 18.2 Å². The fourth-order valence-corrected chi connectivity index (χ4v) is 3.09. The number of rotatable bonds is 2. The van der Waals surface area contributed by atoms with Crippen molar-refractivity contribution in [3.63, 3.8) is 0 Å². The highest BCUT2D eigenvalue weighted by molar-refractivity contribution is 5.75. The topological polar surface area (TPSA) is 53.2 Å². The summed E-state index contributed by atoms with van der Waals surface area (Å²) in [5.74, 6) is 0. The normalized spacial score (nSPS) is 27.8. The molecule has 0 amide bonds. The lowest BCUT2D eigenvalue weighted by molar-refractivity contribution is 0.0175. The van der Waals surface area contributed by atoms with Gasteiger partial charge >= 0.3 is 0 Å². The van der Waals surface area contributed by atoms with Crippen molar-refractivity contribution in [2.24, 2.45) is 0 Å². The minimum Gasteiger partial charge on any atom is -0.374 e. The van der Waals surface area contributed by atoms with Gasteiger partial charge in [0.2, 0.25) is 0 Å². The number of hydrogen-bond donors (Lipinski definition) is 2. The summed E-state index contributed by atoms with van der Waals surface area (Å²) in [6.07, 6.45) is 2.28. The van der Waals surface area contributed by atoms with Crippen molar-refractivity contribution < 1.29 is 4.74 Å². The second-order valence-corrected chi connectivity index (χ2v) is 5.38. The third kappa shape index (κ3) is 2.14. The van der Waals surface area contributed by atoms with Crippen molar-refractivity contribution in [3.05, 3.63) is 30.1 Å². The first-order valence-electron chi connectivity index (χ1n) is 6.89. The smallest absolute Gasteiger partial charge is 0.137 e. The third-order valence-corrected chi connectivity index (χ3v) is 4.04. The summed E-state index contributed by atoms with van der Waals surface area (Å²) >= 11 is 0. The van der Waals surface area contributed by atoms with Crippen LogP contribution in [-0.2, 0) is 11.3 Å². The van der Waals surface area contributed by atoms with Gasteiger partial charge in [0.1, 0.15) is 5.65 Å². The zero-order chi connectivity index (χ0) is 12.7. The monoisotopic (exact) mass is 258 g/mol. The van der Waals surface area contributed by atoms with Crippen LogP contribution in [0, 0.1) is 0 Å². The van der Waals surface area contributed by atoms with Gasteiger partial charge in [0, 0.05) is 43.8 Å². The van der Waals surface area contributed by atoms with Crippen LogP contribution in [-0.4, -0.2) is 53.3 Å². The summed E-state index contributed by atoms with van der Waals surface area (Å²) in [5.41, 5.74) is 2.09. The maximum atomic E-state index is 5.80.